The molecule has 8 aromatic carbocycles. The molecule has 4 heterocycles. The summed E-state index contributed by atoms with van der Waals surface area (Å²) in [6.07, 6.45) is 0. The van der Waals surface area contributed by atoms with Gasteiger partial charge in [0.2, 0.25) is 5.95 Å². The first kappa shape index (κ1) is 31.5. The van der Waals surface area contributed by atoms with Crippen molar-refractivity contribution < 1.29 is 8.83 Å². The van der Waals surface area contributed by atoms with Crippen molar-refractivity contribution in [2.75, 3.05) is 0 Å². The van der Waals surface area contributed by atoms with Gasteiger partial charge in [0.15, 0.2) is 17.2 Å². The highest BCUT2D eigenvalue weighted by atomic mass is 16.3. The normalized spacial score (nSPS) is 11.9. The van der Waals surface area contributed by atoms with E-state index in [4.69, 9.17) is 23.8 Å². The molecule has 0 bridgehead atoms. The molecule has 12 rings (SSSR count). The minimum absolute atomic E-state index is 0.503. The van der Waals surface area contributed by atoms with Gasteiger partial charge < -0.3 is 8.83 Å². The minimum Gasteiger partial charge on any atom is -0.456 e. The number of fused-ring (bicyclic) bond motifs is 10. The van der Waals surface area contributed by atoms with Crippen LogP contribution in [0.1, 0.15) is 0 Å². The summed E-state index contributed by atoms with van der Waals surface area (Å²) in [5.74, 6) is 1.62. The van der Waals surface area contributed by atoms with Crippen molar-refractivity contribution in [2.45, 2.75) is 0 Å². The fourth-order valence-corrected chi connectivity index (χ4v) is 8.45. The van der Waals surface area contributed by atoms with Gasteiger partial charge >= 0.3 is 0 Å². The Bertz CT molecular complexity index is 3530. The van der Waals surface area contributed by atoms with Gasteiger partial charge in [0.25, 0.3) is 0 Å². The maximum atomic E-state index is 6.63. The summed E-state index contributed by atoms with van der Waals surface area (Å²) in [5, 5.41) is 6.37. The third-order valence-electron chi connectivity index (χ3n) is 11.1. The summed E-state index contributed by atoms with van der Waals surface area (Å²) < 4.78 is 15.4. The van der Waals surface area contributed by atoms with Crippen LogP contribution in [-0.4, -0.2) is 19.5 Å². The molecular weight excluding hydrogens is 701 g/mol. The van der Waals surface area contributed by atoms with Crippen molar-refractivity contribution in [3.63, 3.8) is 0 Å². The van der Waals surface area contributed by atoms with E-state index in [0.29, 0.717) is 17.6 Å². The summed E-state index contributed by atoms with van der Waals surface area (Å²) in [4.78, 5) is 15.5. The van der Waals surface area contributed by atoms with E-state index in [1.54, 1.807) is 0 Å². The predicted molar refractivity (Wildman–Crippen MR) is 230 cm³/mol. The molecule has 6 heteroatoms. The lowest BCUT2D eigenvalue weighted by atomic mass is 9.96. The van der Waals surface area contributed by atoms with E-state index >= 15 is 0 Å². The Kier molecular flexibility index (Phi) is 6.83. The van der Waals surface area contributed by atoms with E-state index in [0.717, 1.165) is 87.9 Å². The number of hydrogen-bond donors (Lipinski definition) is 0. The second kappa shape index (κ2) is 12.3. The summed E-state index contributed by atoms with van der Waals surface area (Å²) in [6, 6.07) is 62.7. The van der Waals surface area contributed by atoms with Crippen LogP contribution < -0.4 is 0 Å². The SMILES string of the molecule is c1ccc(-c2cccc(-c3cccc4oc5cc(-c6nc(-c7ccccc7)nc(-n7c8ccccc8c8ccc9c%10ccccc%10oc9c87)n6)ccc5c34)c2)cc1. The van der Waals surface area contributed by atoms with Gasteiger partial charge in [-0.1, -0.05) is 140 Å². The molecule has 0 unspecified atom stereocenters. The van der Waals surface area contributed by atoms with Gasteiger partial charge in [0.05, 0.1) is 5.52 Å². The van der Waals surface area contributed by atoms with E-state index in [-0.39, 0.29) is 0 Å². The second-order valence-corrected chi connectivity index (χ2v) is 14.4. The number of rotatable bonds is 5. The zero-order valence-corrected chi connectivity index (χ0v) is 30.4. The van der Waals surface area contributed by atoms with Crippen LogP contribution in [0.25, 0.3) is 117 Å². The van der Waals surface area contributed by atoms with Crippen LogP contribution in [0.4, 0.5) is 0 Å². The van der Waals surface area contributed by atoms with Gasteiger partial charge in [-0.25, -0.2) is 4.98 Å². The van der Waals surface area contributed by atoms with E-state index in [1.807, 2.05) is 60.7 Å². The third-order valence-corrected chi connectivity index (χ3v) is 11.1. The monoisotopic (exact) mass is 730 g/mol. The molecule has 0 aliphatic rings. The largest absolute Gasteiger partial charge is 0.456 e. The van der Waals surface area contributed by atoms with Crippen LogP contribution in [0.3, 0.4) is 0 Å². The van der Waals surface area contributed by atoms with Crippen molar-refractivity contribution in [1.29, 1.82) is 0 Å². The molecule has 0 saturated heterocycles. The molecule has 0 saturated carbocycles. The van der Waals surface area contributed by atoms with Gasteiger partial charge in [0, 0.05) is 43.4 Å². The van der Waals surface area contributed by atoms with Gasteiger partial charge in [-0.2, -0.15) is 9.97 Å². The lowest BCUT2D eigenvalue weighted by Crippen LogP contribution is -2.06. The number of benzene rings is 8. The first-order valence-corrected chi connectivity index (χ1v) is 19.0. The summed E-state index contributed by atoms with van der Waals surface area (Å²) in [7, 11) is 0. The van der Waals surface area contributed by atoms with Crippen LogP contribution in [0, 0.1) is 0 Å². The molecule has 0 fully saturated rings. The molecule has 12 aromatic rings. The third kappa shape index (κ3) is 4.94. The Hall–Kier alpha value is -7.83. The van der Waals surface area contributed by atoms with Crippen molar-refractivity contribution in [3.05, 3.63) is 182 Å². The summed E-state index contributed by atoms with van der Waals surface area (Å²) >= 11 is 0. The molecule has 0 radical (unpaired) electrons. The number of para-hydroxylation sites is 2. The molecule has 4 aromatic heterocycles. The second-order valence-electron chi connectivity index (χ2n) is 14.4. The standard InChI is InChI=1S/C51H30N4O2/c1-3-13-31(14-4-1)33-17-11-18-34(29-33)36-21-12-24-44-46(36)41-26-25-35(30-45(41)56-44)50-52-49(32-15-5-2-6-16-32)53-51(54-50)55-42-22-9-7-19-37(42)39-27-28-40-38-20-8-10-23-43(38)57-48(40)47(39)55/h1-30H. The van der Waals surface area contributed by atoms with Crippen molar-refractivity contribution in [3.8, 4) is 51.0 Å². The Balaban J connectivity index is 1.07. The topological polar surface area (TPSA) is 69.9 Å². The first-order valence-electron chi connectivity index (χ1n) is 19.0. The quantitative estimate of drug-likeness (QED) is 0.176. The van der Waals surface area contributed by atoms with Crippen LogP contribution in [-0.2, 0) is 0 Å². The van der Waals surface area contributed by atoms with Crippen LogP contribution >= 0.6 is 0 Å². The van der Waals surface area contributed by atoms with Gasteiger partial charge in [-0.3, -0.25) is 4.57 Å². The highest BCUT2D eigenvalue weighted by molar-refractivity contribution is 6.21. The highest BCUT2D eigenvalue weighted by Gasteiger charge is 2.22. The molecule has 0 N–H and O–H groups in total. The van der Waals surface area contributed by atoms with Crippen LogP contribution in [0.2, 0.25) is 0 Å². The van der Waals surface area contributed by atoms with E-state index in [2.05, 4.69) is 126 Å². The number of aromatic nitrogens is 4. The lowest BCUT2D eigenvalue weighted by Gasteiger charge is -2.11. The smallest absolute Gasteiger partial charge is 0.238 e. The fraction of sp³-hybridized carbons (Fsp3) is 0. The van der Waals surface area contributed by atoms with Crippen molar-refractivity contribution in [2.24, 2.45) is 0 Å². The Morgan fingerprint density at radius 3 is 1.88 bits per heavy atom. The number of furan rings is 2. The van der Waals surface area contributed by atoms with Crippen LogP contribution in [0.15, 0.2) is 191 Å². The molecule has 6 nitrogen and oxygen atoms in total. The zero-order chi connectivity index (χ0) is 37.5. The minimum atomic E-state index is 0.503. The van der Waals surface area contributed by atoms with Crippen molar-refractivity contribution >= 4 is 65.7 Å². The Morgan fingerprint density at radius 1 is 0.368 bits per heavy atom. The van der Waals surface area contributed by atoms with Crippen LogP contribution in [0.5, 0.6) is 0 Å². The molecule has 0 amide bonds. The fourth-order valence-electron chi connectivity index (χ4n) is 8.45. The molecule has 0 aliphatic heterocycles. The lowest BCUT2D eigenvalue weighted by molar-refractivity contribution is 0.669. The summed E-state index contributed by atoms with van der Waals surface area (Å²) in [6.45, 7) is 0. The number of nitrogens with zero attached hydrogens (tertiary/aromatic N) is 4. The molecular formula is C51H30N4O2. The molecule has 0 atom stereocenters. The average Bonchev–Trinajstić information content (AvgIpc) is 3.96. The predicted octanol–water partition coefficient (Wildman–Crippen LogP) is 13.4. The first-order chi connectivity index (χ1) is 28.2. The molecule has 0 spiro atoms. The van der Waals surface area contributed by atoms with Crippen molar-refractivity contribution in [1.82, 2.24) is 19.5 Å². The Morgan fingerprint density at radius 2 is 1.02 bits per heavy atom. The Labute approximate surface area is 325 Å². The molecule has 266 valence electrons. The molecule has 0 aliphatic carbocycles. The van der Waals surface area contributed by atoms with E-state index < -0.39 is 0 Å². The highest BCUT2D eigenvalue weighted by Crippen LogP contribution is 2.42. The van der Waals surface area contributed by atoms with Gasteiger partial charge in [-0.15, -0.1) is 0 Å². The zero-order valence-electron chi connectivity index (χ0n) is 30.4. The van der Waals surface area contributed by atoms with E-state index in [9.17, 15) is 0 Å². The number of hydrogen-bond acceptors (Lipinski definition) is 5. The maximum absolute atomic E-state index is 6.63. The van der Waals surface area contributed by atoms with Gasteiger partial charge in [0.1, 0.15) is 22.3 Å². The average molecular weight is 731 g/mol. The maximum Gasteiger partial charge on any atom is 0.238 e. The molecule has 57 heavy (non-hydrogen) atoms. The van der Waals surface area contributed by atoms with E-state index in [1.165, 1.54) is 11.1 Å². The summed E-state index contributed by atoms with van der Waals surface area (Å²) in [5.41, 5.74) is 11.4. The van der Waals surface area contributed by atoms with Gasteiger partial charge in [-0.05, 0) is 64.7 Å².